The molecular weight excluding hydrogens is 398 g/mol. The zero-order chi connectivity index (χ0) is 22.2. The lowest BCUT2D eigenvalue weighted by Gasteiger charge is -2.31. The molecular formula is C27H29N3O2. The van der Waals surface area contributed by atoms with Crippen LogP contribution < -0.4 is 10.3 Å². The van der Waals surface area contributed by atoms with Crippen LogP contribution in [0.3, 0.4) is 0 Å². The van der Waals surface area contributed by atoms with E-state index in [4.69, 9.17) is 4.74 Å². The Bertz CT molecular complexity index is 1320. The third-order valence-corrected chi connectivity index (χ3v) is 6.57. The summed E-state index contributed by atoms with van der Waals surface area (Å²) in [7, 11) is 2.14. The van der Waals surface area contributed by atoms with E-state index in [1.165, 1.54) is 22.2 Å². The largest absolute Gasteiger partial charge is 0.489 e. The summed E-state index contributed by atoms with van der Waals surface area (Å²) in [4.78, 5) is 15.4. The molecule has 0 N–H and O–H groups in total. The van der Waals surface area contributed by atoms with Crippen LogP contribution in [-0.2, 0) is 26.6 Å². The number of pyridine rings is 1. The minimum Gasteiger partial charge on any atom is -0.489 e. The fraction of sp³-hybridized carbons (Fsp3) is 0.296. The SMILES string of the molecule is CC(C)N1CCc2c(n(C)c3cc(-n4ccc(OCc5ccccc5)cc4=O)ccc23)C1. The molecule has 3 heterocycles. The smallest absolute Gasteiger partial charge is 0.258 e. The first-order valence-electron chi connectivity index (χ1n) is 11.3. The number of nitrogens with zero attached hydrogens (tertiary/aromatic N) is 3. The molecule has 32 heavy (non-hydrogen) atoms. The number of fused-ring (bicyclic) bond motifs is 3. The maximum absolute atomic E-state index is 12.9. The molecule has 0 bridgehead atoms. The molecule has 0 aliphatic carbocycles. The Kier molecular flexibility index (Phi) is 5.35. The van der Waals surface area contributed by atoms with E-state index in [-0.39, 0.29) is 5.56 Å². The maximum Gasteiger partial charge on any atom is 0.258 e. The normalized spacial score (nSPS) is 14.1. The quantitative estimate of drug-likeness (QED) is 0.464. The molecule has 1 aliphatic heterocycles. The van der Waals surface area contributed by atoms with Crippen molar-refractivity contribution in [1.29, 1.82) is 0 Å². The van der Waals surface area contributed by atoms with Crippen LogP contribution in [0.15, 0.2) is 71.7 Å². The Morgan fingerprint density at radius 2 is 1.84 bits per heavy atom. The predicted octanol–water partition coefficient (Wildman–Crippen LogP) is 4.67. The van der Waals surface area contributed by atoms with Crippen molar-refractivity contribution in [2.75, 3.05) is 6.54 Å². The lowest BCUT2D eigenvalue weighted by atomic mass is 10.0. The van der Waals surface area contributed by atoms with Crippen LogP contribution in [0.5, 0.6) is 5.75 Å². The minimum atomic E-state index is -0.0973. The van der Waals surface area contributed by atoms with Crippen molar-refractivity contribution in [2.45, 2.75) is 39.5 Å². The highest BCUT2D eigenvalue weighted by atomic mass is 16.5. The molecule has 1 aliphatic rings. The summed E-state index contributed by atoms with van der Waals surface area (Å²) < 4.78 is 9.79. The van der Waals surface area contributed by atoms with Crippen LogP contribution >= 0.6 is 0 Å². The first-order valence-corrected chi connectivity index (χ1v) is 11.3. The van der Waals surface area contributed by atoms with Crippen LogP contribution in [0, 0.1) is 0 Å². The minimum absolute atomic E-state index is 0.0973. The van der Waals surface area contributed by atoms with Gasteiger partial charge in [0.2, 0.25) is 0 Å². The fourth-order valence-corrected chi connectivity index (χ4v) is 4.66. The van der Waals surface area contributed by atoms with Crippen molar-refractivity contribution in [3.63, 3.8) is 0 Å². The molecule has 164 valence electrons. The molecule has 5 nitrogen and oxygen atoms in total. The van der Waals surface area contributed by atoms with E-state index in [2.05, 4.69) is 42.5 Å². The van der Waals surface area contributed by atoms with E-state index in [0.29, 0.717) is 18.4 Å². The second-order valence-corrected chi connectivity index (χ2v) is 8.84. The summed E-state index contributed by atoms with van der Waals surface area (Å²) in [5.41, 5.74) is 5.85. The molecule has 0 fully saturated rings. The van der Waals surface area contributed by atoms with Gasteiger partial charge in [0.1, 0.15) is 12.4 Å². The highest BCUT2D eigenvalue weighted by molar-refractivity contribution is 5.87. The van der Waals surface area contributed by atoms with E-state index in [9.17, 15) is 4.79 Å². The predicted molar refractivity (Wildman–Crippen MR) is 129 cm³/mol. The Hall–Kier alpha value is -3.31. The van der Waals surface area contributed by atoms with Gasteiger partial charge in [-0.25, -0.2) is 0 Å². The van der Waals surface area contributed by atoms with E-state index < -0.39 is 0 Å². The number of hydrogen-bond donors (Lipinski definition) is 0. The maximum atomic E-state index is 12.9. The molecule has 0 radical (unpaired) electrons. The molecule has 4 aromatic rings. The number of benzene rings is 2. The standard InChI is InChI=1S/C27H29N3O2/c1-19(2)29-13-12-24-23-10-9-21(15-25(23)28(3)26(24)17-29)30-14-11-22(16-27(30)31)32-18-20-7-5-4-6-8-20/h4-11,14-16,19H,12-13,17-18H2,1-3H3. The van der Waals surface area contributed by atoms with E-state index in [1.54, 1.807) is 16.8 Å². The van der Waals surface area contributed by atoms with Crippen molar-refractivity contribution >= 4 is 10.9 Å². The number of hydrogen-bond acceptors (Lipinski definition) is 3. The Balaban J connectivity index is 1.43. The molecule has 0 spiro atoms. The number of rotatable bonds is 5. The third-order valence-electron chi connectivity index (χ3n) is 6.57. The molecule has 0 saturated heterocycles. The molecule has 2 aromatic carbocycles. The second kappa shape index (κ2) is 8.32. The van der Waals surface area contributed by atoms with Crippen molar-refractivity contribution in [3.8, 4) is 11.4 Å². The summed E-state index contributed by atoms with van der Waals surface area (Å²) >= 11 is 0. The van der Waals surface area contributed by atoms with Gasteiger partial charge < -0.3 is 9.30 Å². The van der Waals surface area contributed by atoms with Crippen LogP contribution in [0.2, 0.25) is 0 Å². The zero-order valence-corrected chi connectivity index (χ0v) is 18.9. The first-order chi connectivity index (χ1) is 15.5. The average Bonchev–Trinajstić information content (AvgIpc) is 3.09. The van der Waals surface area contributed by atoms with E-state index in [0.717, 1.165) is 30.8 Å². The highest BCUT2D eigenvalue weighted by Gasteiger charge is 2.24. The van der Waals surface area contributed by atoms with Crippen molar-refractivity contribution in [1.82, 2.24) is 14.0 Å². The van der Waals surface area contributed by atoms with Crippen molar-refractivity contribution in [3.05, 3.63) is 94.0 Å². The van der Waals surface area contributed by atoms with Gasteiger partial charge in [-0.15, -0.1) is 0 Å². The van der Waals surface area contributed by atoms with E-state index >= 15 is 0 Å². The lowest BCUT2D eigenvalue weighted by Crippen LogP contribution is -2.36. The van der Waals surface area contributed by atoms with Crippen molar-refractivity contribution < 1.29 is 4.74 Å². The highest BCUT2D eigenvalue weighted by Crippen LogP contribution is 2.32. The molecule has 0 amide bonds. The summed E-state index contributed by atoms with van der Waals surface area (Å²) in [6.45, 7) is 7.02. The first kappa shape index (κ1) is 20.6. The van der Waals surface area contributed by atoms with Gasteiger partial charge in [-0.3, -0.25) is 14.3 Å². The fourth-order valence-electron chi connectivity index (χ4n) is 4.66. The van der Waals surface area contributed by atoms with Crippen LogP contribution in [-0.4, -0.2) is 26.6 Å². The topological polar surface area (TPSA) is 39.4 Å². The van der Waals surface area contributed by atoms with Gasteiger partial charge in [0, 0.05) is 49.5 Å². The monoisotopic (exact) mass is 427 g/mol. The second-order valence-electron chi connectivity index (χ2n) is 8.84. The summed E-state index contributed by atoms with van der Waals surface area (Å²) in [5.74, 6) is 0.583. The third kappa shape index (κ3) is 3.73. The summed E-state index contributed by atoms with van der Waals surface area (Å²) in [5, 5.41) is 1.30. The van der Waals surface area contributed by atoms with Crippen LogP contribution in [0.25, 0.3) is 16.6 Å². The molecule has 5 heteroatoms. The van der Waals surface area contributed by atoms with Gasteiger partial charge in [0.25, 0.3) is 5.56 Å². The molecule has 5 rings (SSSR count). The van der Waals surface area contributed by atoms with Crippen molar-refractivity contribution in [2.24, 2.45) is 7.05 Å². The molecule has 0 saturated carbocycles. The molecule has 0 unspecified atom stereocenters. The van der Waals surface area contributed by atoms with Gasteiger partial charge in [-0.05, 0) is 49.6 Å². The zero-order valence-electron chi connectivity index (χ0n) is 18.9. The Morgan fingerprint density at radius 3 is 2.59 bits per heavy atom. The Morgan fingerprint density at radius 1 is 1.03 bits per heavy atom. The van der Waals surface area contributed by atoms with Gasteiger partial charge >= 0.3 is 0 Å². The van der Waals surface area contributed by atoms with Gasteiger partial charge in [0.15, 0.2) is 0 Å². The van der Waals surface area contributed by atoms with E-state index in [1.807, 2.05) is 42.5 Å². The summed E-state index contributed by atoms with van der Waals surface area (Å²) in [6.07, 6.45) is 2.87. The van der Waals surface area contributed by atoms with Crippen LogP contribution in [0.1, 0.15) is 30.7 Å². The number of ether oxygens (including phenoxy) is 1. The van der Waals surface area contributed by atoms with Gasteiger partial charge in [0.05, 0.1) is 11.2 Å². The Labute approximate surface area is 188 Å². The number of aryl methyl sites for hydroxylation is 1. The van der Waals surface area contributed by atoms with Gasteiger partial charge in [-0.2, -0.15) is 0 Å². The van der Waals surface area contributed by atoms with Gasteiger partial charge in [-0.1, -0.05) is 36.4 Å². The lowest BCUT2D eigenvalue weighted by molar-refractivity contribution is 0.199. The van der Waals surface area contributed by atoms with Crippen LogP contribution in [0.4, 0.5) is 0 Å². The number of aromatic nitrogens is 2. The average molecular weight is 428 g/mol. The summed E-state index contributed by atoms with van der Waals surface area (Å²) in [6, 6.07) is 20.2. The molecule has 0 atom stereocenters. The molecule has 2 aromatic heterocycles.